The number of nitrogens with one attached hydrogen (secondary N) is 1. The number of carbonyl (C=O) groups is 1. The van der Waals surface area contributed by atoms with Crippen LogP contribution in [0.5, 0.6) is 0 Å². The zero-order chi connectivity index (χ0) is 6.20. The minimum atomic E-state index is -0.833. The number of likely N-dealkylation sites (N-methyl/N-ethyl adjacent to an activating group) is 1. The lowest BCUT2D eigenvalue weighted by Gasteiger charge is -2.05. The minimum Gasteiger partial charge on any atom is -0.479 e. The van der Waals surface area contributed by atoms with Gasteiger partial charge in [0.25, 0.3) is 0 Å². The van der Waals surface area contributed by atoms with Crippen molar-refractivity contribution < 1.29 is 9.90 Å². The van der Waals surface area contributed by atoms with Gasteiger partial charge in [0.05, 0.1) is 0 Å². The van der Waals surface area contributed by atoms with Gasteiger partial charge < -0.3 is 5.11 Å². The fraction of sp³-hybridized carbons (Fsp3) is 0.400. The van der Waals surface area contributed by atoms with Gasteiger partial charge in [0, 0.05) is 0 Å². The van der Waals surface area contributed by atoms with E-state index in [1.807, 2.05) is 0 Å². The number of carboxylic acid groups (broad SMARTS) is 1. The van der Waals surface area contributed by atoms with Gasteiger partial charge >= 0.3 is 5.97 Å². The number of hydrogen-bond acceptors (Lipinski definition) is 2. The standard InChI is InChI=1S/C5H7NO2/c1-6-5(2-3-5)4(7)8/h2-3,6H,1H3,(H,7,8). The van der Waals surface area contributed by atoms with Crippen LogP contribution < -0.4 is 5.32 Å². The lowest BCUT2D eigenvalue weighted by molar-refractivity contribution is -0.139. The first-order valence-electron chi connectivity index (χ1n) is 2.34. The monoisotopic (exact) mass is 113 g/mol. The molecular formula is C5H7NO2. The van der Waals surface area contributed by atoms with Crippen molar-refractivity contribution in [3.8, 4) is 0 Å². The molecule has 0 saturated heterocycles. The summed E-state index contributed by atoms with van der Waals surface area (Å²) in [7, 11) is 1.62. The van der Waals surface area contributed by atoms with Gasteiger partial charge in [-0.15, -0.1) is 0 Å². The molecule has 0 amide bonds. The maximum absolute atomic E-state index is 10.2. The predicted octanol–water partition coefficient (Wildman–Crippen LogP) is -0.401. The SMILES string of the molecule is CNC1(C(=O)O)C=C1. The summed E-state index contributed by atoms with van der Waals surface area (Å²) in [6.45, 7) is 0. The highest BCUT2D eigenvalue weighted by atomic mass is 16.4. The van der Waals surface area contributed by atoms with Crippen molar-refractivity contribution in [3.63, 3.8) is 0 Å². The molecule has 0 radical (unpaired) electrons. The van der Waals surface area contributed by atoms with Crippen molar-refractivity contribution in [3.05, 3.63) is 12.2 Å². The molecule has 0 heterocycles. The predicted molar refractivity (Wildman–Crippen MR) is 28.6 cm³/mol. The van der Waals surface area contributed by atoms with Crippen LogP contribution in [0.3, 0.4) is 0 Å². The number of rotatable bonds is 2. The summed E-state index contributed by atoms with van der Waals surface area (Å²) in [5.41, 5.74) is -0.792. The third-order valence-corrected chi connectivity index (χ3v) is 1.27. The molecule has 0 saturated carbocycles. The molecule has 44 valence electrons. The van der Waals surface area contributed by atoms with Crippen LogP contribution in [0, 0.1) is 0 Å². The zero-order valence-corrected chi connectivity index (χ0v) is 4.51. The highest BCUT2D eigenvalue weighted by Gasteiger charge is 2.40. The second-order valence-electron chi connectivity index (χ2n) is 1.76. The summed E-state index contributed by atoms with van der Waals surface area (Å²) < 4.78 is 0. The van der Waals surface area contributed by atoms with Crippen LogP contribution in [0.25, 0.3) is 0 Å². The van der Waals surface area contributed by atoms with Crippen molar-refractivity contribution in [2.24, 2.45) is 0 Å². The van der Waals surface area contributed by atoms with E-state index in [-0.39, 0.29) is 0 Å². The van der Waals surface area contributed by atoms with Gasteiger partial charge in [0.2, 0.25) is 0 Å². The highest BCUT2D eigenvalue weighted by Crippen LogP contribution is 2.21. The Hall–Kier alpha value is -0.830. The van der Waals surface area contributed by atoms with Crippen LogP contribution in [-0.4, -0.2) is 23.7 Å². The summed E-state index contributed by atoms with van der Waals surface area (Å²) in [6, 6.07) is 0. The van der Waals surface area contributed by atoms with E-state index in [1.54, 1.807) is 19.2 Å². The second kappa shape index (κ2) is 1.32. The normalized spacial score (nSPS) is 20.6. The van der Waals surface area contributed by atoms with Crippen molar-refractivity contribution in [2.75, 3.05) is 7.05 Å². The Morgan fingerprint density at radius 1 is 1.75 bits per heavy atom. The van der Waals surface area contributed by atoms with Crippen LogP contribution in [-0.2, 0) is 4.79 Å². The van der Waals surface area contributed by atoms with Gasteiger partial charge in [-0.05, 0) is 7.05 Å². The fourth-order valence-electron chi connectivity index (χ4n) is 0.500. The topological polar surface area (TPSA) is 49.3 Å². The first-order valence-corrected chi connectivity index (χ1v) is 2.34. The Morgan fingerprint density at radius 2 is 2.25 bits per heavy atom. The van der Waals surface area contributed by atoms with Gasteiger partial charge in [0.15, 0.2) is 5.54 Å². The molecule has 0 spiro atoms. The lowest BCUT2D eigenvalue weighted by Crippen LogP contribution is -2.37. The third-order valence-electron chi connectivity index (χ3n) is 1.27. The average Bonchev–Trinajstić information content (AvgIpc) is 2.44. The zero-order valence-electron chi connectivity index (χ0n) is 4.51. The molecule has 0 aromatic carbocycles. The molecule has 0 fully saturated rings. The van der Waals surface area contributed by atoms with Crippen molar-refractivity contribution >= 4 is 5.97 Å². The minimum absolute atomic E-state index is 0.792. The summed E-state index contributed by atoms with van der Waals surface area (Å²) in [6.07, 6.45) is 3.21. The molecule has 0 atom stereocenters. The van der Waals surface area contributed by atoms with Gasteiger partial charge in [-0.1, -0.05) is 12.2 Å². The molecule has 8 heavy (non-hydrogen) atoms. The maximum atomic E-state index is 10.2. The van der Waals surface area contributed by atoms with E-state index in [0.717, 1.165) is 0 Å². The third kappa shape index (κ3) is 0.518. The average molecular weight is 113 g/mol. The van der Waals surface area contributed by atoms with Gasteiger partial charge in [-0.2, -0.15) is 0 Å². The Balaban J connectivity index is 2.55. The number of aliphatic carboxylic acids is 1. The molecule has 3 heteroatoms. The van der Waals surface area contributed by atoms with Crippen LogP contribution in [0.4, 0.5) is 0 Å². The molecule has 1 aliphatic rings. The van der Waals surface area contributed by atoms with E-state index >= 15 is 0 Å². The largest absolute Gasteiger partial charge is 0.479 e. The van der Waals surface area contributed by atoms with E-state index in [1.165, 1.54) is 0 Å². The molecule has 0 bridgehead atoms. The first kappa shape index (κ1) is 5.31. The van der Waals surface area contributed by atoms with Crippen LogP contribution in [0.2, 0.25) is 0 Å². The second-order valence-corrected chi connectivity index (χ2v) is 1.76. The summed E-state index contributed by atoms with van der Waals surface area (Å²) >= 11 is 0. The van der Waals surface area contributed by atoms with E-state index in [4.69, 9.17) is 5.11 Å². The molecule has 0 aromatic heterocycles. The van der Waals surface area contributed by atoms with Crippen molar-refractivity contribution in [2.45, 2.75) is 5.54 Å². The number of hydrogen-bond donors (Lipinski definition) is 2. The molecule has 1 rings (SSSR count). The van der Waals surface area contributed by atoms with Gasteiger partial charge in [0.1, 0.15) is 0 Å². The molecule has 0 aromatic rings. The molecule has 2 N–H and O–H groups in total. The van der Waals surface area contributed by atoms with Gasteiger partial charge in [-0.3, -0.25) is 5.32 Å². The molecular weight excluding hydrogens is 106 g/mol. The lowest BCUT2D eigenvalue weighted by atomic mass is 10.2. The summed E-state index contributed by atoms with van der Waals surface area (Å²) in [5, 5.41) is 11.0. The molecule has 1 aliphatic carbocycles. The van der Waals surface area contributed by atoms with E-state index in [0.29, 0.717) is 0 Å². The van der Waals surface area contributed by atoms with E-state index in [9.17, 15) is 4.79 Å². The molecule has 3 nitrogen and oxygen atoms in total. The van der Waals surface area contributed by atoms with E-state index in [2.05, 4.69) is 5.32 Å². The number of carboxylic acids is 1. The first-order chi connectivity index (χ1) is 3.71. The van der Waals surface area contributed by atoms with Crippen LogP contribution in [0.15, 0.2) is 12.2 Å². The van der Waals surface area contributed by atoms with Crippen molar-refractivity contribution in [1.29, 1.82) is 0 Å². The maximum Gasteiger partial charge on any atom is 0.331 e. The Morgan fingerprint density at radius 3 is 2.25 bits per heavy atom. The Kier molecular flexibility index (Phi) is 0.877. The van der Waals surface area contributed by atoms with Crippen LogP contribution >= 0.6 is 0 Å². The summed E-state index contributed by atoms with van der Waals surface area (Å²) in [5.74, 6) is -0.833. The van der Waals surface area contributed by atoms with Crippen molar-refractivity contribution in [1.82, 2.24) is 5.32 Å². The quantitative estimate of drug-likeness (QED) is 0.479. The smallest absolute Gasteiger partial charge is 0.331 e. The molecule has 0 unspecified atom stereocenters. The van der Waals surface area contributed by atoms with Gasteiger partial charge in [-0.25, -0.2) is 4.79 Å². The highest BCUT2D eigenvalue weighted by molar-refractivity contribution is 5.89. The summed E-state index contributed by atoms with van der Waals surface area (Å²) in [4.78, 5) is 10.2. The molecule has 0 aliphatic heterocycles. The van der Waals surface area contributed by atoms with Crippen LogP contribution in [0.1, 0.15) is 0 Å². The Bertz CT molecular complexity index is 145. The van der Waals surface area contributed by atoms with E-state index < -0.39 is 11.5 Å². The Labute approximate surface area is 47.0 Å². The fourth-order valence-corrected chi connectivity index (χ4v) is 0.500.